The maximum absolute atomic E-state index is 13.7. The lowest BCUT2D eigenvalue weighted by molar-refractivity contribution is 0.102. The third-order valence-corrected chi connectivity index (χ3v) is 3.47. The molecule has 0 atom stereocenters. The van der Waals surface area contributed by atoms with Crippen molar-refractivity contribution in [2.45, 2.75) is 33.6 Å². The molecule has 0 bridgehead atoms. The largest absolute Gasteiger partial charge is 0.341 e. The molecule has 0 aliphatic carbocycles. The number of nitrogens with one attached hydrogen (secondary N) is 1. The summed E-state index contributed by atoms with van der Waals surface area (Å²) >= 11 is 0. The van der Waals surface area contributed by atoms with Gasteiger partial charge in [-0.15, -0.1) is 0 Å². The van der Waals surface area contributed by atoms with E-state index in [9.17, 15) is 9.18 Å². The Bertz CT molecular complexity index is 699. The van der Waals surface area contributed by atoms with Crippen molar-refractivity contribution in [3.05, 3.63) is 47.5 Å². The first kappa shape index (κ1) is 17.8. The Labute approximate surface area is 141 Å². The molecule has 1 N–H and O–H groups in total. The normalized spacial score (nSPS) is 10.5. The van der Waals surface area contributed by atoms with Gasteiger partial charge in [-0.2, -0.15) is 0 Å². The van der Waals surface area contributed by atoms with Crippen LogP contribution in [0.25, 0.3) is 0 Å². The summed E-state index contributed by atoms with van der Waals surface area (Å²) in [6.07, 6.45) is 1.93. The van der Waals surface area contributed by atoms with Crippen molar-refractivity contribution in [1.29, 1.82) is 0 Å². The second-order valence-electron chi connectivity index (χ2n) is 5.62. The van der Waals surface area contributed by atoms with Crippen LogP contribution in [-0.4, -0.2) is 29.0 Å². The molecular weight excluding hydrogens is 307 g/mol. The van der Waals surface area contributed by atoms with E-state index in [2.05, 4.69) is 34.0 Å². The van der Waals surface area contributed by atoms with E-state index >= 15 is 0 Å². The number of amides is 1. The number of benzene rings is 1. The Morgan fingerprint density at radius 3 is 2.46 bits per heavy atom. The molecule has 1 aromatic heterocycles. The van der Waals surface area contributed by atoms with Crippen LogP contribution in [0.15, 0.2) is 30.3 Å². The van der Waals surface area contributed by atoms with Crippen molar-refractivity contribution in [3.63, 3.8) is 0 Å². The molecule has 0 aliphatic heterocycles. The highest BCUT2D eigenvalue weighted by Crippen LogP contribution is 2.16. The molecule has 128 valence electrons. The molecule has 1 amide bonds. The van der Waals surface area contributed by atoms with Gasteiger partial charge in [0.15, 0.2) is 0 Å². The van der Waals surface area contributed by atoms with Gasteiger partial charge in [0, 0.05) is 18.8 Å². The van der Waals surface area contributed by atoms with Gasteiger partial charge in [0.2, 0.25) is 5.95 Å². The number of rotatable bonds is 7. The minimum absolute atomic E-state index is 0.138. The zero-order valence-corrected chi connectivity index (χ0v) is 14.3. The Balaban J connectivity index is 2.26. The summed E-state index contributed by atoms with van der Waals surface area (Å²) < 4.78 is 13.7. The van der Waals surface area contributed by atoms with Crippen molar-refractivity contribution in [1.82, 2.24) is 9.97 Å². The fraction of sp³-hybridized carbons (Fsp3) is 0.389. The minimum Gasteiger partial charge on any atom is -0.341 e. The van der Waals surface area contributed by atoms with Crippen LogP contribution < -0.4 is 10.2 Å². The molecule has 5 nitrogen and oxygen atoms in total. The molecule has 6 heteroatoms. The van der Waals surface area contributed by atoms with Crippen LogP contribution in [0.3, 0.4) is 0 Å². The van der Waals surface area contributed by atoms with Gasteiger partial charge in [-0.05, 0) is 38.0 Å². The first-order valence-electron chi connectivity index (χ1n) is 8.21. The molecule has 2 aromatic rings. The standard InChI is InChI=1S/C18H23FN4O/c1-4-10-23(11-5-2)18-20-13(3)12-16(22-18)17(24)21-15-9-7-6-8-14(15)19/h6-9,12H,4-5,10-11H2,1-3H3,(H,21,24). The van der Waals surface area contributed by atoms with Crippen LogP contribution in [0.5, 0.6) is 0 Å². The summed E-state index contributed by atoms with van der Waals surface area (Å²) in [5, 5.41) is 2.56. The SMILES string of the molecule is CCCN(CCC)c1nc(C)cc(C(=O)Nc2ccccc2F)n1. The zero-order chi connectivity index (χ0) is 17.5. The first-order valence-corrected chi connectivity index (χ1v) is 8.21. The van der Waals surface area contributed by atoms with Crippen LogP contribution in [0.2, 0.25) is 0 Å². The van der Waals surface area contributed by atoms with Gasteiger partial charge >= 0.3 is 0 Å². The molecule has 1 aromatic carbocycles. The lowest BCUT2D eigenvalue weighted by Crippen LogP contribution is -2.28. The molecular formula is C18H23FN4O. The molecule has 0 saturated carbocycles. The highest BCUT2D eigenvalue weighted by atomic mass is 19.1. The van der Waals surface area contributed by atoms with Crippen LogP contribution >= 0.6 is 0 Å². The van der Waals surface area contributed by atoms with Crippen molar-refractivity contribution < 1.29 is 9.18 Å². The molecule has 0 aliphatic rings. The van der Waals surface area contributed by atoms with Gasteiger partial charge in [0.05, 0.1) is 5.69 Å². The van der Waals surface area contributed by atoms with Crippen LogP contribution in [0, 0.1) is 12.7 Å². The minimum atomic E-state index is -0.476. The number of para-hydroxylation sites is 1. The number of hydrogen-bond acceptors (Lipinski definition) is 4. The van der Waals surface area contributed by atoms with E-state index in [-0.39, 0.29) is 11.4 Å². The highest BCUT2D eigenvalue weighted by Gasteiger charge is 2.15. The van der Waals surface area contributed by atoms with E-state index in [1.165, 1.54) is 12.1 Å². The van der Waals surface area contributed by atoms with Gasteiger partial charge in [-0.25, -0.2) is 14.4 Å². The van der Waals surface area contributed by atoms with E-state index < -0.39 is 11.7 Å². The van der Waals surface area contributed by atoms with Gasteiger partial charge in [0.25, 0.3) is 5.91 Å². The van der Waals surface area contributed by atoms with Gasteiger partial charge < -0.3 is 10.2 Å². The van der Waals surface area contributed by atoms with Crippen molar-refractivity contribution in [2.75, 3.05) is 23.3 Å². The third-order valence-electron chi connectivity index (χ3n) is 3.47. The number of aromatic nitrogens is 2. The van der Waals surface area contributed by atoms with E-state index in [4.69, 9.17) is 0 Å². The lowest BCUT2D eigenvalue weighted by atomic mass is 10.2. The quantitative estimate of drug-likeness (QED) is 0.839. The molecule has 1 heterocycles. The van der Waals surface area contributed by atoms with Crippen molar-refractivity contribution in [2.24, 2.45) is 0 Å². The third kappa shape index (κ3) is 4.50. The number of anilines is 2. The molecule has 24 heavy (non-hydrogen) atoms. The molecule has 0 radical (unpaired) electrons. The van der Waals surface area contributed by atoms with Crippen LogP contribution in [-0.2, 0) is 0 Å². The van der Waals surface area contributed by atoms with E-state index in [0.29, 0.717) is 11.6 Å². The highest BCUT2D eigenvalue weighted by molar-refractivity contribution is 6.03. The van der Waals surface area contributed by atoms with Gasteiger partial charge in [-0.3, -0.25) is 4.79 Å². The monoisotopic (exact) mass is 330 g/mol. The Kier molecular flexibility index (Phi) is 6.23. The predicted octanol–water partition coefficient (Wildman–Crippen LogP) is 3.80. The molecule has 0 spiro atoms. The van der Waals surface area contributed by atoms with Gasteiger partial charge in [-0.1, -0.05) is 26.0 Å². The number of aryl methyl sites for hydroxylation is 1. The smallest absolute Gasteiger partial charge is 0.274 e. The average molecular weight is 330 g/mol. The topological polar surface area (TPSA) is 58.1 Å². The molecule has 2 rings (SSSR count). The Morgan fingerprint density at radius 2 is 1.83 bits per heavy atom. The fourth-order valence-corrected chi connectivity index (χ4v) is 2.41. The van der Waals surface area contributed by atoms with E-state index in [1.807, 2.05) is 6.92 Å². The van der Waals surface area contributed by atoms with Crippen LogP contribution in [0.1, 0.15) is 42.9 Å². The summed E-state index contributed by atoms with van der Waals surface area (Å²) in [5.41, 5.74) is 1.08. The lowest BCUT2D eigenvalue weighted by Gasteiger charge is -2.22. The second-order valence-corrected chi connectivity index (χ2v) is 5.62. The Hall–Kier alpha value is -2.50. The number of halogens is 1. The first-order chi connectivity index (χ1) is 11.5. The molecule has 0 saturated heterocycles. The summed E-state index contributed by atoms with van der Waals surface area (Å²) in [4.78, 5) is 23.3. The fourth-order valence-electron chi connectivity index (χ4n) is 2.41. The predicted molar refractivity (Wildman–Crippen MR) is 93.9 cm³/mol. The van der Waals surface area contributed by atoms with Gasteiger partial charge in [0.1, 0.15) is 11.5 Å². The summed E-state index contributed by atoms with van der Waals surface area (Å²) in [6, 6.07) is 7.67. The summed E-state index contributed by atoms with van der Waals surface area (Å²) in [7, 11) is 0. The number of nitrogens with zero attached hydrogens (tertiary/aromatic N) is 3. The van der Waals surface area contributed by atoms with Crippen molar-refractivity contribution >= 4 is 17.5 Å². The number of hydrogen-bond donors (Lipinski definition) is 1. The molecule has 0 fully saturated rings. The maximum Gasteiger partial charge on any atom is 0.274 e. The zero-order valence-electron chi connectivity index (χ0n) is 14.3. The number of carbonyl (C=O) groups excluding carboxylic acids is 1. The second kappa shape index (κ2) is 8.38. The average Bonchev–Trinajstić information content (AvgIpc) is 2.56. The maximum atomic E-state index is 13.7. The molecule has 0 unspecified atom stereocenters. The van der Waals surface area contributed by atoms with Crippen LogP contribution in [0.4, 0.5) is 16.0 Å². The Morgan fingerprint density at radius 1 is 1.17 bits per heavy atom. The van der Waals surface area contributed by atoms with E-state index in [1.54, 1.807) is 18.2 Å². The van der Waals surface area contributed by atoms with Crippen molar-refractivity contribution in [3.8, 4) is 0 Å². The number of carbonyl (C=O) groups is 1. The van der Waals surface area contributed by atoms with E-state index in [0.717, 1.165) is 25.9 Å². The summed E-state index contributed by atoms with van der Waals surface area (Å²) in [6.45, 7) is 7.65. The summed E-state index contributed by atoms with van der Waals surface area (Å²) in [5.74, 6) is -0.382.